The van der Waals surface area contributed by atoms with E-state index in [1.165, 1.54) is 5.56 Å². The molecule has 192 valence electrons. The second kappa shape index (κ2) is 11.0. The SMILES string of the molecule is CC(C)c1cccc([C@H](C)NC(=O)c2ccc3c(c2)ncn3Cc2ccc(-c3ccccc3CO)cc2)c1. The number of hydrogen-bond donors (Lipinski definition) is 2. The summed E-state index contributed by atoms with van der Waals surface area (Å²) in [6, 6.07) is 30.3. The van der Waals surface area contributed by atoms with Crippen LogP contribution in [0.3, 0.4) is 0 Å². The molecule has 2 N–H and O–H groups in total. The molecule has 38 heavy (non-hydrogen) atoms. The Hall–Kier alpha value is -4.22. The zero-order valence-corrected chi connectivity index (χ0v) is 22.1. The van der Waals surface area contributed by atoms with Gasteiger partial charge in [-0.3, -0.25) is 4.79 Å². The van der Waals surface area contributed by atoms with Gasteiger partial charge in [0, 0.05) is 12.1 Å². The van der Waals surface area contributed by atoms with Crippen LogP contribution in [0.15, 0.2) is 97.3 Å². The summed E-state index contributed by atoms with van der Waals surface area (Å²) in [6.45, 7) is 7.04. The van der Waals surface area contributed by atoms with Crippen molar-refractivity contribution in [3.05, 3.63) is 125 Å². The van der Waals surface area contributed by atoms with Crippen LogP contribution in [0.4, 0.5) is 0 Å². The fourth-order valence-corrected chi connectivity index (χ4v) is 4.81. The number of aliphatic hydroxyl groups excluding tert-OH is 1. The van der Waals surface area contributed by atoms with E-state index in [9.17, 15) is 9.90 Å². The molecule has 5 nitrogen and oxygen atoms in total. The number of carbonyl (C=O) groups excluding carboxylic acids is 1. The molecule has 0 fully saturated rings. The number of rotatable bonds is 8. The molecule has 1 aromatic heterocycles. The van der Waals surface area contributed by atoms with E-state index in [1.54, 1.807) is 0 Å². The Kier molecular flexibility index (Phi) is 7.38. The second-order valence-corrected chi connectivity index (χ2v) is 10.1. The van der Waals surface area contributed by atoms with Gasteiger partial charge in [0.2, 0.25) is 0 Å². The number of amides is 1. The van der Waals surface area contributed by atoms with E-state index in [-0.39, 0.29) is 18.6 Å². The quantitative estimate of drug-likeness (QED) is 0.243. The summed E-state index contributed by atoms with van der Waals surface area (Å²) in [7, 11) is 0. The highest BCUT2D eigenvalue weighted by Gasteiger charge is 2.14. The van der Waals surface area contributed by atoms with Crippen LogP contribution in [0.2, 0.25) is 0 Å². The van der Waals surface area contributed by atoms with Crippen LogP contribution in [0, 0.1) is 0 Å². The average molecular weight is 504 g/mol. The van der Waals surface area contributed by atoms with Crippen molar-refractivity contribution in [1.29, 1.82) is 0 Å². The fraction of sp³-hybridized carbons (Fsp3) is 0.212. The minimum atomic E-state index is -0.109. The molecule has 0 aliphatic rings. The van der Waals surface area contributed by atoms with Crippen LogP contribution in [0.25, 0.3) is 22.2 Å². The smallest absolute Gasteiger partial charge is 0.251 e. The van der Waals surface area contributed by atoms with Crippen molar-refractivity contribution in [3.8, 4) is 11.1 Å². The van der Waals surface area contributed by atoms with E-state index in [4.69, 9.17) is 0 Å². The Labute approximate surface area is 223 Å². The number of carbonyl (C=O) groups is 1. The number of imidazole rings is 1. The van der Waals surface area contributed by atoms with E-state index < -0.39 is 0 Å². The van der Waals surface area contributed by atoms with Gasteiger partial charge in [0.1, 0.15) is 0 Å². The molecule has 1 atom stereocenters. The minimum Gasteiger partial charge on any atom is -0.392 e. The molecule has 5 aromatic rings. The third-order valence-electron chi connectivity index (χ3n) is 7.11. The molecule has 0 bridgehead atoms. The standard InChI is InChI=1S/C33H33N3O2/c1-22(2)26-8-6-9-27(17-26)23(3)35-33(38)28-15-16-32-31(18-28)34-21-36(32)19-24-11-13-25(14-12-24)30-10-5-4-7-29(30)20-37/h4-18,21-23,37H,19-20H2,1-3H3,(H,35,38)/t23-/m0/s1. The molecule has 0 radical (unpaired) electrons. The topological polar surface area (TPSA) is 67.2 Å². The van der Waals surface area contributed by atoms with Crippen LogP contribution >= 0.6 is 0 Å². The summed E-state index contributed by atoms with van der Waals surface area (Å²) in [6.07, 6.45) is 1.82. The molecule has 5 rings (SSSR count). The van der Waals surface area contributed by atoms with Gasteiger partial charge in [0.15, 0.2) is 0 Å². The Bertz CT molecular complexity index is 1570. The van der Waals surface area contributed by atoms with Crippen molar-refractivity contribution in [3.63, 3.8) is 0 Å². The first-order valence-corrected chi connectivity index (χ1v) is 13.1. The number of fused-ring (bicyclic) bond motifs is 1. The Morgan fingerprint density at radius 2 is 1.66 bits per heavy atom. The summed E-state index contributed by atoms with van der Waals surface area (Å²) < 4.78 is 2.09. The predicted molar refractivity (Wildman–Crippen MR) is 153 cm³/mol. The number of hydrogen-bond acceptors (Lipinski definition) is 3. The molecule has 0 saturated heterocycles. The molecule has 1 amide bonds. The largest absolute Gasteiger partial charge is 0.392 e. The predicted octanol–water partition coefficient (Wildman–Crippen LogP) is 6.86. The van der Waals surface area contributed by atoms with Crippen LogP contribution in [0.5, 0.6) is 0 Å². The maximum atomic E-state index is 13.0. The first kappa shape index (κ1) is 25.4. The van der Waals surface area contributed by atoms with Crippen molar-refractivity contribution in [2.24, 2.45) is 0 Å². The van der Waals surface area contributed by atoms with Crippen LogP contribution in [0.1, 0.15) is 65.3 Å². The third-order valence-corrected chi connectivity index (χ3v) is 7.11. The third kappa shape index (κ3) is 5.38. The molecule has 5 heteroatoms. The molecular formula is C33H33N3O2. The van der Waals surface area contributed by atoms with E-state index in [0.717, 1.165) is 38.9 Å². The van der Waals surface area contributed by atoms with E-state index in [2.05, 4.69) is 71.2 Å². The molecule has 1 heterocycles. The van der Waals surface area contributed by atoms with Crippen molar-refractivity contribution in [2.75, 3.05) is 0 Å². The molecular weight excluding hydrogens is 470 g/mol. The van der Waals surface area contributed by atoms with Gasteiger partial charge in [-0.15, -0.1) is 0 Å². The van der Waals surface area contributed by atoms with E-state index in [1.807, 2.05) is 61.8 Å². The van der Waals surface area contributed by atoms with Gasteiger partial charge in [-0.2, -0.15) is 0 Å². The van der Waals surface area contributed by atoms with Gasteiger partial charge in [-0.25, -0.2) is 4.98 Å². The molecule has 0 aliphatic carbocycles. The second-order valence-electron chi connectivity index (χ2n) is 10.1. The summed E-state index contributed by atoms with van der Waals surface area (Å²) in [5, 5.41) is 12.8. The highest BCUT2D eigenvalue weighted by atomic mass is 16.3. The van der Waals surface area contributed by atoms with Crippen molar-refractivity contribution < 1.29 is 9.90 Å². The van der Waals surface area contributed by atoms with Gasteiger partial charge in [0.25, 0.3) is 5.91 Å². The minimum absolute atomic E-state index is 0.0171. The van der Waals surface area contributed by atoms with E-state index >= 15 is 0 Å². The van der Waals surface area contributed by atoms with Crippen LogP contribution in [-0.2, 0) is 13.2 Å². The van der Waals surface area contributed by atoms with Crippen LogP contribution < -0.4 is 5.32 Å². The number of aromatic nitrogens is 2. The monoisotopic (exact) mass is 503 g/mol. The fourth-order valence-electron chi connectivity index (χ4n) is 4.81. The Morgan fingerprint density at radius 3 is 2.42 bits per heavy atom. The van der Waals surface area contributed by atoms with Crippen molar-refractivity contribution in [2.45, 2.75) is 45.9 Å². The molecule has 0 saturated carbocycles. The molecule has 4 aromatic carbocycles. The van der Waals surface area contributed by atoms with Crippen LogP contribution in [-0.4, -0.2) is 20.6 Å². The number of aliphatic hydroxyl groups is 1. The lowest BCUT2D eigenvalue weighted by Gasteiger charge is -2.16. The van der Waals surface area contributed by atoms with Gasteiger partial charge in [0.05, 0.1) is 30.0 Å². The van der Waals surface area contributed by atoms with Crippen molar-refractivity contribution in [1.82, 2.24) is 14.9 Å². The van der Waals surface area contributed by atoms with Gasteiger partial charge >= 0.3 is 0 Å². The number of nitrogens with zero attached hydrogens (tertiary/aromatic N) is 2. The highest BCUT2D eigenvalue weighted by Crippen LogP contribution is 2.25. The number of benzene rings is 4. The normalized spacial score (nSPS) is 12.1. The average Bonchev–Trinajstić information content (AvgIpc) is 3.35. The summed E-state index contributed by atoms with van der Waals surface area (Å²) in [5.74, 6) is 0.332. The highest BCUT2D eigenvalue weighted by molar-refractivity contribution is 5.97. The van der Waals surface area contributed by atoms with Gasteiger partial charge < -0.3 is 15.0 Å². The first-order chi connectivity index (χ1) is 18.4. The summed E-state index contributed by atoms with van der Waals surface area (Å²) in [4.78, 5) is 17.6. The number of nitrogens with one attached hydrogen (secondary N) is 1. The zero-order chi connectivity index (χ0) is 26.6. The molecule has 0 aliphatic heterocycles. The maximum absolute atomic E-state index is 13.0. The molecule has 0 unspecified atom stereocenters. The first-order valence-electron chi connectivity index (χ1n) is 13.1. The zero-order valence-electron chi connectivity index (χ0n) is 22.1. The lowest BCUT2D eigenvalue weighted by atomic mass is 9.98. The summed E-state index contributed by atoms with van der Waals surface area (Å²) in [5.41, 5.74) is 8.92. The maximum Gasteiger partial charge on any atom is 0.251 e. The van der Waals surface area contributed by atoms with Crippen molar-refractivity contribution >= 4 is 16.9 Å². The Morgan fingerprint density at radius 1 is 0.895 bits per heavy atom. The molecule has 0 spiro atoms. The van der Waals surface area contributed by atoms with Gasteiger partial charge in [-0.05, 0) is 64.4 Å². The Balaban J connectivity index is 1.29. The summed E-state index contributed by atoms with van der Waals surface area (Å²) >= 11 is 0. The lowest BCUT2D eigenvalue weighted by molar-refractivity contribution is 0.0940. The lowest BCUT2D eigenvalue weighted by Crippen LogP contribution is -2.26. The van der Waals surface area contributed by atoms with Gasteiger partial charge in [-0.1, -0.05) is 86.6 Å². The van der Waals surface area contributed by atoms with E-state index in [0.29, 0.717) is 18.0 Å².